The van der Waals surface area contributed by atoms with Gasteiger partial charge in [-0.2, -0.15) is 0 Å². The van der Waals surface area contributed by atoms with Gasteiger partial charge in [-0.25, -0.2) is 9.97 Å². The lowest BCUT2D eigenvalue weighted by molar-refractivity contribution is -0.00135. The van der Waals surface area contributed by atoms with Gasteiger partial charge in [0.25, 0.3) is 5.91 Å². The molecule has 7 heteroatoms. The summed E-state index contributed by atoms with van der Waals surface area (Å²) in [4.78, 5) is 24.2. The number of piperidine rings is 1. The molecule has 1 fully saturated rings. The summed E-state index contributed by atoms with van der Waals surface area (Å²) in [6, 6.07) is 0. The van der Waals surface area contributed by atoms with E-state index in [1.165, 1.54) is 11.3 Å². The third-order valence-electron chi connectivity index (χ3n) is 4.04. The molecule has 0 radical (unpaired) electrons. The minimum atomic E-state index is -0.0498. The molecule has 1 aliphatic rings. The van der Waals surface area contributed by atoms with Crippen LogP contribution in [0.4, 0.5) is 5.69 Å². The van der Waals surface area contributed by atoms with Gasteiger partial charge in [-0.15, -0.1) is 11.3 Å². The van der Waals surface area contributed by atoms with Gasteiger partial charge in [-0.1, -0.05) is 6.92 Å². The van der Waals surface area contributed by atoms with Crippen molar-refractivity contribution in [3.63, 3.8) is 0 Å². The Hall–Kier alpha value is -1.73. The number of nitrogens with zero attached hydrogens (tertiary/aromatic N) is 3. The molecule has 1 saturated heterocycles. The molecule has 112 valence electrons. The first-order chi connectivity index (χ1) is 10.1. The lowest BCUT2D eigenvalue weighted by atomic mass is 9.95. The van der Waals surface area contributed by atoms with Crippen molar-refractivity contribution >= 4 is 33.3 Å². The largest absolute Gasteiger partial charge is 0.396 e. The van der Waals surface area contributed by atoms with E-state index < -0.39 is 0 Å². The first-order valence-electron chi connectivity index (χ1n) is 6.93. The summed E-state index contributed by atoms with van der Waals surface area (Å²) in [5.74, 6) is 0.411. The Bertz CT molecular complexity index is 672. The number of anilines is 1. The fourth-order valence-electron chi connectivity index (χ4n) is 2.67. The molecule has 0 saturated carbocycles. The molecule has 3 rings (SSSR count). The maximum atomic E-state index is 12.7. The maximum Gasteiger partial charge on any atom is 0.266 e. The van der Waals surface area contributed by atoms with E-state index >= 15 is 0 Å². The second-order valence-electron chi connectivity index (χ2n) is 5.35. The molecular weight excluding hydrogens is 288 g/mol. The Balaban J connectivity index is 1.88. The van der Waals surface area contributed by atoms with E-state index in [0.29, 0.717) is 33.4 Å². The quantitative estimate of drug-likeness (QED) is 0.914. The van der Waals surface area contributed by atoms with Crippen molar-refractivity contribution in [2.45, 2.75) is 19.4 Å². The molecule has 6 nitrogen and oxygen atoms in total. The zero-order valence-electron chi connectivity index (χ0n) is 12.1. The number of amides is 1. The summed E-state index contributed by atoms with van der Waals surface area (Å²) in [5.41, 5.74) is 7.11. The summed E-state index contributed by atoms with van der Waals surface area (Å²) in [5, 5.41) is 0. The van der Waals surface area contributed by atoms with Crippen molar-refractivity contribution in [1.82, 2.24) is 14.9 Å². The van der Waals surface area contributed by atoms with Crippen LogP contribution in [0.2, 0.25) is 0 Å². The van der Waals surface area contributed by atoms with Crippen molar-refractivity contribution in [3.8, 4) is 0 Å². The van der Waals surface area contributed by atoms with E-state index in [2.05, 4.69) is 16.9 Å². The first kappa shape index (κ1) is 14.2. The molecule has 21 heavy (non-hydrogen) atoms. The number of hydrogen-bond donors (Lipinski definition) is 1. The summed E-state index contributed by atoms with van der Waals surface area (Å²) >= 11 is 1.30. The van der Waals surface area contributed by atoms with Gasteiger partial charge in [-0.05, 0) is 12.3 Å². The minimum Gasteiger partial charge on any atom is -0.396 e. The molecule has 1 amide bonds. The number of ether oxygens (including phenoxy) is 1. The number of hydrogen-bond acceptors (Lipinski definition) is 6. The van der Waals surface area contributed by atoms with Crippen LogP contribution >= 0.6 is 11.3 Å². The molecule has 0 aromatic carbocycles. The summed E-state index contributed by atoms with van der Waals surface area (Å²) < 4.78 is 5.46. The zero-order chi connectivity index (χ0) is 15.0. The monoisotopic (exact) mass is 306 g/mol. The highest BCUT2D eigenvalue weighted by atomic mass is 32.1. The van der Waals surface area contributed by atoms with E-state index in [-0.39, 0.29) is 12.0 Å². The van der Waals surface area contributed by atoms with Crippen molar-refractivity contribution in [2.24, 2.45) is 5.92 Å². The van der Waals surface area contributed by atoms with Gasteiger partial charge in [0.1, 0.15) is 15.2 Å². The molecule has 2 aromatic heterocycles. The van der Waals surface area contributed by atoms with Crippen LogP contribution < -0.4 is 5.73 Å². The third-order valence-corrected chi connectivity index (χ3v) is 5.13. The highest BCUT2D eigenvalue weighted by Crippen LogP contribution is 2.32. The van der Waals surface area contributed by atoms with Crippen LogP contribution in [0.3, 0.4) is 0 Å². The second kappa shape index (κ2) is 5.57. The second-order valence-corrected chi connectivity index (χ2v) is 6.35. The lowest BCUT2D eigenvalue weighted by Gasteiger charge is -2.36. The van der Waals surface area contributed by atoms with Gasteiger partial charge in [-0.3, -0.25) is 4.79 Å². The molecule has 2 N–H and O–H groups in total. The summed E-state index contributed by atoms with van der Waals surface area (Å²) in [6.07, 6.45) is 4.21. The van der Waals surface area contributed by atoms with Crippen LogP contribution in [0.1, 0.15) is 23.0 Å². The SMILES string of the molecule is COC1CN(C(=O)c2sc3nccnc3c2N)CCC1C. The van der Waals surface area contributed by atoms with E-state index in [0.717, 1.165) is 13.0 Å². The topological polar surface area (TPSA) is 81.3 Å². The van der Waals surface area contributed by atoms with Crippen LogP contribution in [-0.4, -0.2) is 47.1 Å². The molecule has 2 atom stereocenters. The molecule has 3 heterocycles. The highest BCUT2D eigenvalue weighted by Gasteiger charge is 2.31. The number of nitrogen functional groups attached to an aromatic ring is 1. The highest BCUT2D eigenvalue weighted by molar-refractivity contribution is 7.21. The predicted molar refractivity (Wildman–Crippen MR) is 82.3 cm³/mol. The van der Waals surface area contributed by atoms with Crippen LogP contribution in [-0.2, 0) is 4.74 Å². The number of aromatic nitrogens is 2. The Kier molecular flexibility index (Phi) is 3.77. The van der Waals surface area contributed by atoms with Crippen molar-refractivity contribution < 1.29 is 9.53 Å². The van der Waals surface area contributed by atoms with Crippen LogP contribution in [0.5, 0.6) is 0 Å². The Morgan fingerprint density at radius 2 is 2.24 bits per heavy atom. The molecule has 0 bridgehead atoms. The summed E-state index contributed by atoms with van der Waals surface area (Å²) in [6.45, 7) is 3.48. The van der Waals surface area contributed by atoms with Crippen LogP contribution in [0, 0.1) is 5.92 Å². The van der Waals surface area contributed by atoms with Crippen molar-refractivity contribution in [3.05, 3.63) is 17.3 Å². The van der Waals surface area contributed by atoms with E-state index in [9.17, 15) is 4.79 Å². The normalized spacial score (nSPS) is 22.7. The lowest BCUT2D eigenvalue weighted by Crippen LogP contribution is -2.46. The van der Waals surface area contributed by atoms with Gasteiger partial charge < -0.3 is 15.4 Å². The average molecular weight is 306 g/mol. The van der Waals surface area contributed by atoms with Crippen molar-refractivity contribution in [2.75, 3.05) is 25.9 Å². The average Bonchev–Trinajstić information content (AvgIpc) is 2.85. The van der Waals surface area contributed by atoms with Gasteiger partial charge in [0.05, 0.1) is 11.8 Å². The molecule has 0 spiro atoms. The van der Waals surface area contributed by atoms with Gasteiger partial charge >= 0.3 is 0 Å². The van der Waals surface area contributed by atoms with Crippen LogP contribution in [0.25, 0.3) is 10.3 Å². The van der Waals surface area contributed by atoms with Crippen LogP contribution in [0.15, 0.2) is 12.4 Å². The standard InChI is InChI=1S/C14H18N4O2S/c1-8-3-6-18(7-9(8)20-2)14(19)12-10(15)11-13(21-12)17-5-4-16-11/h4-5,8-9H,3,6-7,15H2,1-2H3. The Morgan fingerprint density at radius 1 is 1.48 bits per heavy atom. The number of carbonyl (C=O) groups is 1. The number of carbonyl (C=O) groups excluding carboxylic acids is 1. The molecule has 0 aliphatic carbocycles. The van der Waals surface area contributed by atoms with Gasteiger partial charge in [0.2, 0.25) is 0 Å². The number of rotatable bonds is 2. The number of nitrogens with two attached hydrogens (primary N) is 1. The number of thiophene rings is 1. The maximum absolute atomic E-state index is 12.7. The Morgan fingerprint density at radius 3 is 2.95 bits per heavy atom. The van der Waals surface area contributed by atoms with Gasteiger partial charge in [0, 0.05) is 32.6 Å². The fourth-order valence-corrected chi connectivity index (χ4v) is 3.66. The van der Waals surface area contributed by atoms with Crippen molar-refractivity contribution in [1.29, 1.82) is 0 Å². The predicted octanol–water partition coefficient (Wildman–Crippen LogP) is 1.77. The van der Waals surface area contributed by atoms with E-state index in [1.807, 2.05) is 4.90 Å². The summed E-state index contributed by atoms with van der Waals surface area (Å²) in [7, 11) is 1.69. The Labute approximate surface area is 126 Å². The number of fused-ring (bicyclic) bond motifs is 1. The minimum absolute atomic E-state index is 0.0498. The van der Waals surface area contributed by atoms with E-state index in [1.54, 1.807) is 19.5 Å². The fraction of sp³-hybridized carbons (Fsp3) is 0.500. The molecule has 2 aromatic rings. The number of likely N-dealkylation sites (tertiary alicyclic amines) is 1. The molecule has 2 unspecified atom stereocenters. The first-order valence-corrected chi connectivity index (χ1v) is 7.74. The third kappa shape index (κ3) is 2.47. The smallest absolute Gasteiger partial charge is 0.266 e. The van der Waals surface area contributed by atoms with E-state index in [4.69, 9.17) is 10.5 Å². The van der Waals surface area contributed by atoms with Gasteiger partial charge in [0.15, 0.2) is 0 Å². The number of methoxy groups -OCH3 is 1. The zero-order valence-corrected chi connectivity index (χ0v) is 12.9. The molecule has 1 aliphatic heterocycles. The molecular formula is C14H18N4O2S.